The van der Waals surface area contributed by atoms with Gasteiger partial charge in [-0.15, -0.1) is 0 Å². The number of carbonyl (C=O) groups is 1. The third-order valence-electron chi connectivity index (χ3n) is 7.36. The minimum absolute atomic E-state index is 0.301. The molecule has 0 radical (unpaired) electrons. The lowest BCUT2D eigenvalue weighted by atomic mass is 9.89. The molecule has 0 saturated carbocycles. The van der Waals surface area contributed by atoms with E-state index in [0.717, 1.165) is 78.2 Å². The van der Waals surface area contributed by atoms with Crippen molar-refractivity contribution in [1.82, 2.24) is 0 Å². The van der Waals surface area contributed by atoms with Crippen LogP contribution >= 0.6 is 15.9 Å². The summed E-state index contributed by atoms with van der Waals surface area (Å²) >= 11 is 3.80. The van der Waals surface area contributed by atoms with Crippen molar-refractivity contribution in [2.45, 2.75) is 53.1 Å². The van der Waals surface area contributed by atoms with Crippen LogP contribution in [0.25, 0.3) is 32.9 Å². The molecule has 1 heterocycles. The Kier molecular flexibility index (Phi) is 7.31. The van der Waals surface area contributed by atoms with Crippen LogP contribution < -0.4 is 4.74 Å². The van der Waals surface area contributed by atoms with Crippen molar-refractivity contribution in [3.63, 3.8) is 0 Å². The topological polar surface area (TPSA) is 59.7 Å². The molecule has 5 heteroatoms. The van der Waals surface area contributed by atoms with Crippen LogP contribution in [0, 0.1) is 13.8 Å². The third kappa shape index (κ3) is 4.60. The first-order chi connectivity index (χ1) is 18.3. The van der Waals surface area contributed by atoms with E-state index >= 15 is 0 Å². The number of aliphatic carboxylic acids is 1. The number of carboxylic acids is 1. The molecule has 0 aliphatic carbocycles. The molecule has 1 N–H and O–H groups in total. The number of rotatable bonds is 8. The molecule has 0 fully saturated rings. The summed E-state index contributed by atoms with van der Waals surface area (Å²) in [5.41, 5.74) is 7.10. The number of carboxylic acid groups (broad SMARTS) is 1. The van der Waals surface area contributed by atoms with Gasteiger partial charge < -0.3 is 14.3 Å². The summed E-state index contributed by atoms with van der Waals surface area (Å²) < 4.78 is 13.5. The zero-order valence-electron chi connectivity index (χ0n) is 22.1. The fraction of sp³-hybridized carbons (Fsp3) is 0.242. The number of benzene rings is 4. The van der Waals surface area contributed by atoms with Crippen LogP contribution in [-0.4, -0.2) is 17.2 Å². The number of hydrogen-bond donors (Lipinski definition) is 1. The summed E-state index contributed by atoms with van der Waals surface area (Å²) in [5.74, 6) is 0.612. The first kappa shape index (κ1) is 26.1. The second-order valence-electron chi connectivity index (χ2n) is 9.69. The Morgan fingerprint density at radius 1 is 0.947 bits per heavy atom. The molecule has 0 unspecified atom stereocenters. The van der Waals surface area contributed by atoms with E-state index in [2.05, 4.69) is 67.0 Å². The van der Waals surface area contributed by atoms with Crippen molar-refractivity contribution in [2.24, 2.45) is 0 Å². The zero-order valence-corrected chi connectivity index (χ0v) is 23.7. The van der Waals surface area contributed by atoms with Gasteiger partial charge in [0.1, 0.15) is 17.1 Å². The lowest BCUT2D eigenvalue weighted by Gasteiger charge is -2.22. The lowest BCUT2D eigenvalue weighted by molar-refractivity contribution is -0.145. The molecule has 0 aliphatic heterocycles. The fourth-order valence-electron chi connectivity index (χ4n) is 5.26. The Hall–Kier alpha value is -3.57. The molecule has 0 spiro atoms. The highest BCUT2D eigenvalue weighted by molar-refractivity contribution is 9.10. The van der Waals surface area contributed by atoms with Crippen LogP contribution in [0.4, 0.5) is 0 Å². The predicted octanol–water partition coefficient (Wildman–Crippen LogP) is 8.83. The van der Waals surface area contributed by atoms with Crippen molar-refractivity contribution >= 4 is 43.6 Å². The number of aryl methyl sites for hydroxylation is 4. The van der Waals surface area contributed by atoms with Gasteiger partial charge in [0.2, 0.25) is 0 Å². The van der Waals surface area contributed by atoms with E-state index in [1.165, 1.54) is 0 Å². The molecule has 5 rings (SSSR count). The Labute approximate surface area is 231 Å². The summed E-state index contributed by atoms with van der Waals surface area (Å²) in [4.78, 5) is 12.2. The van der Waals surface area contributed by atoms with Crippen molar-refractivity contribution in [2.75, 3.05) is 0 Å². The second-order valence-corrected chi connectivity index (χ2v) is 10.5. The molecule has 0 aliphatic rings. The first-order valence-corrected chi connectivity index (χ1v) is 13.8. The molecule has 4 aromatic carbocycles. The minimum atomic E-state index is -0.974. The van der Waals surface area contributed by atoms with E-state index in [0.29, 0.717) is 12.2 Å². The molecular formula is C33H31BrO4. The largest absolute Gasteiger partial charge is 0.478 e. The van der Waals surface area contributed by atoms with Crippen molar-refractivity contribution in [1.29, 1.82) is 0 Å². The minimum Gasteiger partial charge on any atom is -0.478 e. The van der Waals surface area contributed by atoms with Crippen LogP contribution in [0.2, 0.25) is 0 Å². The maximum Gasteiger partial charge on any atom is 0.345 e. The first-order valence-electron chi connectivity index (χ1n) is 13.0. The van der Waals surface area contributed by atoms with Gasteiger partial charge in [0.25, 0.3) is 0 Å². The number of ether oxygens (including phenoxy) is 1. The maximum atomic E-state index is 12.2. The molecule has 4 nitrogen and oxygen atoms in total. The van der Waals surface area contributed by atoms with Gasteiger partial charge in [-0.2, -0.15) is 0 Å². The molecule has 0 bridgehead atoms. The van der Waals surface area contributed by atoms with Crippen LogP contribution in [0.3, 0.4) is 0 Å². The number of hydrogen-bond acceptors (Lipinski definition) is 3. The summed E-state index contributed by atoms with van der Waals surface area (Å²) in [7, 11) is 0. The SMILES string of the molecule is CCc1cc(-c2c3ccccc3c(Br)c3oc(C)c(C)c23)cc(CC)c1O[C@H](Cc1ccccc1)C(=O)O. The normalized spacial score (nSPS) is 12.2. The van der Waals surface area contributed by atoms with E-state index in [9.17, 15) is 9.90 Å². The standard InChI is InChI=1S/C33H31BrO4/c1-5-22-17-24(18-23(6-2)31(22)38-27(33(35)36)16-21-12-8-7-9-13-21)29-25-14-10-11-15-26(25)30(34)32-28(29)19(3)20(4)37-32/h7-15,17-18,27H,5-6,16H2,1-4H3,(H,35,36)/t27-/m1/s1. The zero-order chi connectivity index (χ0) is 27.0. The number of fused-ring (bicyclic) bond motifs is 2. The number of halogens is 1. The summed E-state index contributed by atoms with van der Waals surface area (Å²) in [6.07, 6.45) is 0.761. The Morgan fingerprint density at radius 3 is 2.16 bits per heavy atom. The summed E-state index contributed by atoms with van der Waals surface area (Å²) in [6.45, 7) is 8.27. The van der Waals surface area contributed by atoms with Gasteiger partial charge in [0, 0.05) is 22.8 Å². The highest BCUT2D eigenvalue weighted by Gasteiger charge is 2.25. The Bertz CT molecular complexity index is 1620. The van der Waals surface area contributed by atoms with Crippen LogP contribution in [0.1, 0.15) is 41.9 Å². The van der Waals surface area contributed by atoms with Crippen molar-refractivity contribution < 1.29 is 19.1 Å². The third-order valence-corrected chi connectivity index (χ3v) is 8.15. The number of furan rings is 1. The molecular weight excluding hydrogens is 540 g/mol. The smallest absolute Gasteiger partial charge is 0.345 e. The molecule has 38 heavy (non-hydrogen) atoms. The average molecular weight is 572 g/mol. The van der Waals surface area contributed by atoms with Gasteiger partial charge in [-0.3, -0.25) is 0 Å². The molecule has 194 valence electrons. The average Bonchev–Trinajstić information content (AvgIpc) is 3.23. The van der Waals surface area contributed by atoms with E-state index in [1.807, 2.05) is 43.3 Å². The van der Waals surface area contributed by atoms with Gasteiger partial charge >= 0.3 is 5.97 Å². The quantitative estimate of drug-likeness (QED) is 0.202. The lowest BCUT2D eigenvalue weighted by Crippen LogP contribution is -2.30. The van der Waals surface area contributed by atoms with Crippen LogP contribution in [-0.2, 0) is 24.1 Å². The second kappa shape index (κ2) is 10.7. The Morgan fingerprint density at radius 2 is 1.55 bits per heavy atom. The molecule has 0 saturated heterocycles. The van der Waals surface area contributed by atoms with Gasteiger partial charge in [-0.1, -0.05) is 68.4 Å². The molecule has 1 aromatic heterocycles. The molecule has 0 amide bonds. The Balaban J connectivity index is 1.70. The van der Waals surface area contributed by atoms with Gasteiger partial charge in [-0.25, -0.2) is 4.79 Å². The van der Waals surface area contributed by atoms with E-state index in [1.54, 1.807) is 0 Å². The van der Waals surface area contributed by atoms with E-state index in [-0.39, 0.29) is 0 Å². The van der Waals surface area contributed by atoms with Crippen LogP contribution in [0.15, 0.2) is 75.6 Å². The van der Waals surface area contributed by atoms with Crippen LogP contribution in [0.5, 0.6) is 5.75 Å². The van der Waals surface area contributed by atoms with Gasteiger partial charge in [0.15, 0.2) is 6.10 Å². The summed E-state index contributed by atoms with van der Waals surface area (Å²) in [6, 6.07) is 22.3. The molecule has 5 aromatic rings. The van der Waals surface area contributed by atoms with Gasteiger partial charge in [-0.05, 0) is 88.0 Å². The monoisotopic (exact) mass is 570 g/mol. The maximum absolute atomic E-state index is 12.2. The highest BCUT2D eigenvalue weighted by Crippen LogP contribution is 2.46. The fourth-order valence-corrected chi connectivity index (χ4v) is 5.88. The summed E-state index contributed by atoms with van der Waals surface area (Å²) in [5, 5.41) is 13.3. The van der Waals surface area contributed by atoms with E-state index < -0.39 is 12.1 Å². The van der Waals surface area contributed by atoms with E-state index in [4.69, 9.17) is 9.15 Å². The highest BCUT2D eigenvalue weighted by atomic mass is 79.9. The van der Waals surface area contributed by atoms with Crippen molar-refractivity contribution in [3.8, 4) is 16.9 Å². The molecule has 1 atom stereocenters. The van der Waals surface area contributed by atoms with Crippen molar-refractivity contribution in [3.05, 3.63) is 99.2 Å². The predicted molar refractivity (Wildman–Crippen MR) is 157 cm³/mol. The van der Waals surface area contributed by atoms with Gasteiger partial charge in [0.05, 0.1) is 4.47 Å².